The zero-order valence-electron chi connectivity index (χ0n) is 12.3. The van der Waals surface area contributed by atoms with E-state index in [0.717, 1.165) is 5.56 Å². The van der Waals surface area contributed by atoms with Gasteiger partial charge in [-0.05, 0) is 19.4 Å². The van der Waals surface area contributed by atoms with Crippen LogP contribution in [0.25, 0.3) is 0 Å². The van der Waals surface area contributed by atoms with Gasteiger partial charge in [0, 0.05) is 6.92 Å². The highest BCUT2D eigenvalue weighted by Gasteiger charge is 2.30. The minimum atomic E-state index is -1.35. The van der Waals surface area contributed by atoms with Crippen molar-refractivity contribution < 1.29 is 19.5 Å². The molecule has 1 rings (SSSR count). The van der Waals surface area contributed by atoms with Crippen LogP contribution in [0.4, 0.5) is 0 Å². The quantitative estimate of drug-likeness (QED) is 0.735. The number of amides is 2. The first-order valence-corrected chi connectivity index (χ1v) is 6.59. The Morgan fingerprint density at radius 2 is 1.76 bits per heavy atom. The van der Waals surface area contributed by atoms with Crippen molar-refractivity contribution in [3.05, 3.63) is 35.9 Å². The highest BCUT2D eigenvalue weighted by molar-refractivity contribution is 5.87. The van der Waals surface area contributed by atoms with Gasteiger partial charge in [-0.3, -0.25) is 9.59 Å². The Labute approximate surface area is 123 Å². The van der Waals surface area contributed by atoms with Gasteiger partial charge >= 0.3 is 5.97 Å². The normalized spacial score (nSPS) is 12.3. The van der Waals surface area contributed by atoms with Gasteiger partial charge < -0.3 is 15.7 Å². The van der Waals surface area contributed by atoms with Crippen molar-refractivity contribution in [3.63, 3.8) is 0 Å². The third kappa shape index (κ3) is 5.25. The molecule has 2 amide bonds. The molecule has 6 nitrogen and oxygen atoms in total. The van der Waals surface area contributed by atoms with E-state index >= 15 is 0 Å². The number of carboxylic acids is 1. The van der Waals surface area contributed by atoms with E-state index in [1.54, 1.807) is 12.1 Å². The Morgan fingerprint density at radius 1 is 1.19 bits per heavy atom. The maximum absolute atomic E-state index is 12.0. The summed E-state index contributed by atoms with van der Waals surface area (Å²) in [6.45, 7) is 4.18. The first-order chi connectivity index (χ1) is 9.72. The topological polar surface area (TPSA) is 95.5 Å². The van der Waals surface area contributed by atoms with Crippen LogP contribution in [0, 0.1) is 0 Å². The van der Waals surface area contributed by atoms with E-state index in [1.165, 1.54) is 20.8 Å². The van der Waals surface area contributed by atoms with E-state index in [1.807, 2.05) is 18.2 Å². The molecule has 0 fully saturated rings. The van der Waals surface area contributed by atoms with Crippen LogP contribution >= 0.6 is 0 Å². The van der Waals surface area contributed by atoms with E-state index < -0.39 is 23.5 Å². The monoisotopic (exact) mass is 292 g/mol. The molecule has 6 heteroatoms. The third-order valence-electron chi connectivity index (χ3n) is 2.96. The summed E-state index contributed by atoms with van der Waals surface area (Å²) in [7, 11) is 0. The predicted octanol–water partition coefficient (Wildman–Crippen LogP) is 1.23. The number of rotatable bonds is 6. The Kier molecular flexibility index (Phi) is 5.46. The molecular formula is C15H20N2O4. The number of carbonyl (C=O) groups excluding carboxylic acids is 2. The van der Waals surface area contributed by atoms with E-state index in [9.17, 15) is 14.4 Å². The molecule has 0 aliphatic carbocycles. The Bertz CT molecular complexity index is 526. The smallest absolute Gasteiger partial charge is 0.328 e. The molecule has 0 saturated heterocycles. The fourth-order valence-corrected chi connectivity index (χ4v) is 1.82. The fraction of sp³-hybridized carbons (Fsp3) is 0.400. The predicted molar refractivity (Wildman–Crippen MR) is 77.5 cm³/mol. The lowest BCUT2D eigenvalue weighted by atomic mass is 10.0. The molecule has 1 atom stereocenters. The molecule has 1 unspecified atom stereocenters. The average molecular weight is 292 g/mol. The summed E-state index contributed by atoms with van der Waals surface area (Å²) in [5, 5.41) is 14.1. The summed E-state index contributed by atoms with van der Waals surface area (Å²) in [5.74, 6) is -1.81. The molecule has 0 heterocycles. The van der Waals surface area contributed by atoms with Crippen LogP contribution in [0.1, 0.15) is 38.8 Å². The molecule has 1 aromatic rings. The molecule has 1 aromatic carbocycles. The van der Waals surface area contributed by atoms with E-state index in [4.69, 9.17) is 5.11 Å². The second-order valence-corrected chi connectivity index (χ2v) is 5.35. The van der Waals surface area contributed by atoms with Crippen LogP contribution in [0.5, 0.6) is 0 Å². The summed E-state index contributed by atoms with van der Waals surface area (Å²) >= 11 is 0. The molecule has 0 radical (unpaired) electrons. The van der Waals surface area contributed by atoms with Gasteiger partial charge in [-0.25, -0.2) is 4.79 Å². The minimum absolute atomic E-state index is 0.0275. The van der Waals surface area contributed by atoms with Gasteiger partial charge in [0.1, 0.15) is 5.54 Å². The average Bonchev–Trinajstić information content (AvgIpc) is 2.37. The number of hydrogen-bond donors (Lipinski definition) is 3. The van der Waals surface area contributed by atoms with E-state index in [0.29, 0.717) is 0 Å². The Hall–Kier alpha value is -2.37. The molecule has 3 N–H and O–H groups in total. The van der Waals surface area contributed by atoms with Gasteiger partial charge in [0.2, 0.25) is 11.8 Å². The maximum atomic E-state index is 12.0. The SMILES string of the molecule is CC(=O)NC(CC(=O)NC(C)(C)C(=O)O)c1ccccc1. The first-order valence-electron chi connectivity index (χ1n) is 6.59. The summed E-state index contributed by atoms with van der Waals surface area (Å²) < 4.78 is 0. The number of aliphatic carboxylic acids is 1. The first kappa shape index (κ1) is 16.7. The number of hydrogen-bond acceptors (Lipinski definition) is 3. The van der Waals surface area contributed by atoms with Gasteiger partial charge in [-0.2, -0.15) is 0 Å². The summed E-state index contributed by atoms with van der Waals surface area (Å²) in [6.07, 6.45) is -0.0275. The number of carboxylic acid groups (broad SMARTS) is 1. The van der Waals surface area contributed by atoms with Gasteiger partial charge in [0.05, 0.1) is 12.5 Å². The molecule has 21 heavy (non-hydrogen) atoms. The van der Waals surface area contributed by atoms with Gasteiger partial charge in [0.25, 0.3) is 0 Å². The van der Waals surface area contributed by atoms with Gasteiger partial charge in [-0.15, -0.1) is 0 Å². The molecular weight excluding hydrogens is 272 g/mol. The Balaban J connectivity index is 2.80. The largest absolute Gasteiger partial charge is 0.480 e. The molecule has 114 valence electrons. The molecule has 0 bridgehead atoms. The lowest BCUT2D eigenvalue weighted by Crippen LogP contribution is -2.50. The number of nitrogens with one attached hydrogen (secondary N) is 2. The van der Waals surface area contributed by atoms with Crippen molar-refractivity contribution in [2.75, 3.05) is 0 Å². The summed E-state index contributed by atoms with van der Waals surface area (Å²) in [4.78, 5) is 34.3. The lowest BCUT2D eigenvalue weighted by molar-refractivity contribution is -0.146. The molecule has 0 aromatic heterocycles. The van der Waals surface area contributed by atoms with Crippen molar-refractivity contribution in [3.8, 4) is 0 Å². The fourth-order valence-electron chi connectivity index (χ4n) is 1.82. The molecule has 0 aliphatic heterocycles. The van der Waals surface area contributed by atoms with Gasteiger partial charge in [-0.1, -0.05) is 30.3 Å². The zero-order chi connectivity index (χ0) is 16.0. The number of carbonyl (C=O) groups is 3. The molecule has 0 aliphatic rings. The standard InChI is InChI=1S/C15H20N2O4/c1-10(18)16-12(11-7-5-4-6-8-11)9-13(19)17-15(2,3)14(20)21/h4-8,12H,9H2,1-3H3,(H,16,18)(H,17,19)(H,20,21). The summed E-state index contributed by atoms with van der Waals surface area (Å²) in [5.41, 5.74) is -0.565. The van der Waals surface area contributed by atoms with Crippen molar-refractivity contribution in [2.45, 2.75) is 38.8 Å². The van der Waals surface area contributed by atoms with Crippen LogP contribution in [0.2, 0.25) is 0 Å². The van der Waals surface area contributed by atoms with Crippen molar-refractivity contribution >= 4 is 17.8 Å². The van der Waals surface area contributed by atoms with Crippen molar-refractivity contribution in [2.24, 2.45) is 0 Å². The van der Waals surface area contributed by atoms with Crippen LogP contribution in [0.3, 0.4) is 0 Å². The molecule has 0 spiro atoms. The van der Waals surface area contributed by atoms with E-state index in [-0.39, 0.29) is 12.3 Å². The second-order valence-electron chi connectivity index (χ2n) is 5.35. The van der Waals surface area contributed by atoms with Crippen molar-refractivity contribution in [1.82, 2.24) is 10.6 Å². The van der Waals surface area contributed by atoms with Gasteiger partial charge in [0.15, 0.2) is 0 Å². The van der Waals surface area contributed by atoms with Crippen LogP contribution in [-0.4, -0.2) is 28.4 Å². The third-order valence-corrected chi connectivity index (χ3v) is 2.96. The highest BCUT2D eigenvalue weighted by Crippen LogP contribution is 2.17. The summed E-state index contributed by atoms with van der Waals surface area (Å²) in [6, 6.07) is 8.56. The maximum Gasteiger partial charge on any atom is 0.328 e. The second kappa shape index (κ2) is 6.88. The lowest BCUT2D eigenvalue weighted by Gasteiger charge is -2.23. The van der Waals surface area contributed by atoms with Crippen LogP contribution in [-0.2, 0) is 14.4 Å². The van der Waals surface area contributed by atoms with Crippen molar-refractivity contribution in [1.29, 1.82) is 0 Å². The molecule has 0 saturated carbocycles. The van der Waals surface area contributed by atoms with E-state index in [2.05, 4.69) is 10.6 Å². The van der Waals surface area contributed by atoms with Crippen LogP contribution in [0.15, 0.2) is 30.3 Å². The highest BCUT2D eigenvalue weighted by atomic mass is 16.4. The minimum Gasteiger partial charge on any atom is -0.480 e. The van der Waals surface area contributed by atoms with Crippen LogP contribution < -0.4 is 10.6 Å². The zero-order valence-corrected chi connectivity index (χ0v) is 12.3. The number of benzene rings is 1. The Morgan fingerprint density at radius 3 is 2.24 bits per heavy atom.